The highest BCUT2D eigenvalue weighted by Gasteiger charge is 2.24. The van der Waals surface area contributed by atoms with Crippen LogP contribution in [0, 0.1) is 10.1 Å². The molecule has 1 atom stereocenters. The number of hydrogen-bond donors (Lipinski definition) is 2. The first-order valence-corrected chi connectivity index (χ1v) is 8.06. The molecule has 0 aliphatic heterocycles. The number of fused-ring (bicyclic) bond motifs is 1. The number of nitrogens with zero attached hydrogens (tertiary/aromatic N) is 1. The number of carbonyl (C=O) groups is 1. The summed E-state index contributed by atoms with van der Waals surface area (Å²) >= 11 is 0.987. The molecule has 24 heavy (non-hydrogen) atoms. The van der Waals surface area contributed by atoms with Crippen molar-refractivity contribution in [3.8, 4) is 5.75 Å². The molecule has 1 heterocycles. The van der Waals surface area contributed by atoms with Crippen molar-refractivity contribution in [2.45, 2.75) is 13.0 Å². The molecule has 3 rings (SSSR count). The van der Waals surface area contributed by atoms with Crippen LogP contribution in [-0.4, -0.2) is 15.9 Å². The quantitative estimate of drug-likeness (QED) is 0.558. The molecule has 0 bridgehead atoms. The van der Waals surface area contributed by atoms with E-state index in [0.717, 1.165) is 22.1 Å². The molecule has 7 heteroatoms. The van der Waals surface area contributed by atoms with Gasteiger partial charge in [-0.15, -0.1) is 0 Å². The Kier molecular flexibility index (Phi) is 4.18. The van der Waals surface area contributed by atoms with Gasteiger partial charge in [0.25, 0.3) is 0 Å². The third-order valence-corrected chi connectivity index (χ3v) is 4.60. The molecule has 2 N–H and O–H groups in total. The van der Waals surface area contributed by atoms with Crippen LogP contribution in [0.2, 0.25) is 0 Å². The fourth-order valence-corrected chi connectivity index (χ4v) is 3.45. The minimum Gasteiger partial charge on any atom is -0.508 e. The number of phenols is 1. The number of nitrogens with one attached hydrogen (secondary N) is 1. The van der Waals surface area contributed by atoms with Crippen molar-refractivity contribution in [1.29, 1.82) is 0 Å². The predicted octanol–water partition coefficient (Wildman–Crippen LogP) is 3.74. The van der Waals surface area contributed by atoms with Crippen LogP contribution in [0.3, 0.4) is 0 Å². The average Bonchev–Trinajstić information content (AvgIpc) is 3.03. The Morgan fingerprint density at radius 1 is 1.29 bits per heavy atom. The lowest BCUT2D eigenvalue weighted by Gasteiger charge is -2.20. The van der Waals surface area contributed by atoms with Crippen LogP contribution in [0.25, 0.3) is 10.8 Å². The maximum Gasteiger partial charge on any atom is 0.324 e. The van der Waals surface area contributed by atoms with E-state index in [1.807, 2.05) is 24.3 Å². The molecule has 0 spiro atoms. The molecule has 1 amide bonds. The second-order valence-electron chi connectivity index (χ2n) is 5.33. The van der Waals surface area contributed by atoms with Crippen LogP contribution in [-0.2, 0) is 4.79 Å². The summed E-state index contributed by atoms with van der Waals surface area (Å²) in [5.41, 5.74) is 1.09. The molecule has 122 valence electrons. The van der Waals surface area contributed by atoms with E-state index in [4.69, 9.17) is 0 Å². The Morgan fingerprint density at radius 3 is 2.71 bits per heavy atom. The molecular weight excluding hydrogens is 328 g/mol. The monoisotopic (exact) mass is 342 g/mol. The first-order chi connectivity index (χ1) is 11.5. The van der Waals surface area contributed by atoms with Gasteiger partial charge in [-0.3, -0.25) is 14.9 Å². The highest BCUT2D eigenvalue weighted by atomic mass is 32.1. The number of carbonyl (C=O) groups excluding carboxylic acids is 1. The Balaban J connectivity index is 2.21. The van der Waals surface area contributed by atoms with Gasteiger partial charge in [-0.1, -0.05) is 41.7 Å². The van der Waals surface area contributed by atoms with Crippen molar-refractivity contribution in [2.24, 2.45) is 0 Å². The summed E-state index contributed by atoms with van der Waals surface area (Å²) < 4.78 is 0. The molecule has 0 fully saturated rings. The van der Waals surface area contributed by atoms with Crippen LogP contribution in [0.15, 0.2) is 47.8 Å². The SMILES string of the molecule is CC(=O)NC(c1csc([N+](=O)[O-])c1)c1c(O)ccc2ccccc12. The van der Waals surface area contributed by atoms with E-state index < -0.39 is 11.0 Å². The number of aromatic hydroxyl groups is 1. The zero-order valence-corrected chi connectivity index (χ0v) is 13.5. The zero-order valence-electron chi connectivity index (χ0n) is 12.7. The summed E-state index contributed by atoms with van der Waals surface area (Å²) in [6, 6.07) is 11.6. The summed E-state index contributed by atoms with van der Waals surface area (Å²) in [6.45, 7) is 1.37. The molecule has 0 saturated carbocycles. The van der Waals surface area contributed by atoms with Crippen LogP contribution in [0.4, 0.5) is 5.00 Å². The molecule has 0 saturated heterocycles. The molecule has 1 aromatic heterocycles. The van der Waals surface area contributed by atoms with Crippen molar-refractivity contribution in [1.82, 2.24) is 5.32 Å². The number of nitro groups is 1. The predicted molar refractivity (Wildman–Crippen MR) is 92.2 cm³/mol. The van der Waals surface area contributed by atoms with Crippen molar-refractivity contribution in [3.05, 3.63) is 69.1 Å². The lowest BCUT2D eigenvalue weighted by molar-refractivity contribution is -0.380. The normalized spacial score (nSPS) is 12.0. The van der Waals surface area contributed by atoms with Gasteiger partial charge in [0.2, 0.25) is 5.91 Å². The van der Waals surface area contributed by atoms with Gasteiger partial charge in [0.05, 0.1) is 11.0 Å². The van der Waals surface area contributed by atoms with Crippen molar-refractivity contribution in [2.75, 3.05) is 0 Å². The summed E-state index contributed by atoms with van der Waals surface area (Å²) in [5, 5.41) is 27.4. The Morgan fingerprint density at radius 2 is 2.04 bits per heavy atom. The number of benzene rings is 2. The lowest BCUT2D eigenvalue weighted by Crippen LogP contribution is -2.26. The summed E-state index contributed by atoms with van der Waals surface area (Å²) in [4.78, 5) is 22.1. The van der Waals surface area contributed by atoms with Crippen molar-refractivity contribution >= 4 is 33.0 Å². The summed E-state index contributed by atoms with van der Waals surface area (Å²) in [7, 11) is 0. The number of thiophene rings is 1. The van der Waals surface area contributed by atoms with Gasteiger partial charge in [0.1, 0.15) is 5.75 Å². The first kappa shape index (κ1) is 15.9. The molecule has 0 aliphatic carbocycles. The largest absolute Gasteiger partial charge is 0.508 e. The number of hydrogen-bond acceptors (Lipinski definition) is 5. The van der Waals surface area contributed by atoms with Crippen LogP contribution < -0.4 is 5.32 Å². The molecule has 3 aromatic rings. The molecule has 0 radical (unpaired) electrons. The van der Waals surface area contributed by atoms with E-state index in [0.29, 0.717) is 11.1 Å². The smallest absolute Gasteiger partial charge is 0.324 e. The standard InChI is InChI=1S/C17H14N2O4S/c1-10(20)18-17(12-8-15(19(22)23)24-9-12)16-13-5-3-2-4-11(13)6-7-14(16)21/h2-9,17,21H,1H3,(H,18,20). The van der Waals surface area contributed by atoms with E-state index in [1.54, 1.807) is 17.5 Å². The highest BCUT2D eigenvalue weighted by Crippen LogP contribution is 2.38. The van der Waals surface area contributed by atoms with Gasteiger partial charge < -0.3 is 10.4 Å². The highest BCUT2D eigenvalue weighted by molar-refractivity contribution is 7.13. The molecule has 1 unspecified atom stereocenters. The lowest BCUT2D eigenvalue weighted by atomic mass is 9.94. The third kappa shape index (κ3) is 2.93. The first-order valence-electron chi connectivity index (χ1n) is 7.18. The van der Waals surface area contributed by atoms with E-state index >= 15 is 0 Å². The molecule has 2 aromatic carbocycles. The molecule has 0 aliphatic rings. The topological polar surface area (TPSA) is 92.5 Å². The zero-order chi connectivity index (χ0) is 17.3. The second-order valence-corrected chi connectivity index (χ2v) is 6.22. The van der Waals surface area contributed by atoms with Crippen LogP contribution >= 0.6 is 11.3 Å². The third-order valence-electron chi connectivity index (χ3n) is 3.70. The summed E-state index contributed by atoms with van der Waals surface area (Å²) in [5.74, 6) is -0.262. The summed E-state index contributed by atoms with van der Waals surface area (Å²) in [6.07, 6.45) is 0. The molecule has 6 nitrogen and oxygen atoms in total. The van der Waals surface area contributed by atoms with Gasteiger partial charge in [-0.05, 0) is 22.4 Å². The number of amides is 1. The van der Waals surface area contributed by atoms with E-state index in [-0.39, 0.29) is 16.7 Å². The van der Waals surface area contributed by atoms with E-state index in [9.17, 15) is 20.0 Å². The maximum atomic E-state index is 11.7. The van der Waals surface area contributed by atoms with E-state index in [2.05, 4.69) is 5.32 Å². The van der Waals surface area contributed by atoms with Gasteiger partial charge in [0.15, 0.2) is 0 Å². The number of phenolic OH excluding ortho intramolecular Hbond substituents is 1. The minimum absolute atomic E-state index is 0.0138. The van der Waals surface area contributed by atoms with Crippen molar-refractivity contribution in [3.63, 3.8) is 0 Å². The Bertz CT molecular complexity index is 935. The van der Waals surface area contributed by atoms with Gasteiger partial charge in [-0.25, -0.2) is 0 Å². The number of rotatable bonds is 4. The average molecular weight is 342 g/mol. The van der Waals surface area contributed by atoms with Gasteiger partial charge in [0, 0.05) is 23.9 Å². The minimum atomic E-state index is -0.668. The van der Waals surface area contributed by atoms with Crippen LogP contribution in [0.1, 0.15) is 24.1 Å². The fourth-order valence-electron chi connectivity index (χ4n) is 2.70. The van der Waals surface area contributed by atoms with Gasteiger partial charge in [-0.2, -0.15) is 0 Å². The van der Waals surface area contributed by atoms with Gasteiger partial charge >= 0.3 is 5.00 Å². The van der Waals surface area contributed by atoms with Crippen LogP contribution in [0.5, 0.6) is 5.75 Å². The van der Waals surface area contributed by atoms with Crippen molar-refractivity contribution < 1.29 is 14.8 Å². The Labute approximate surface area is 141 Å². The molecular formula is C17H14N2O4S. The Hall–Kier alpha value is -2.93. The maximum absolute atomic E-state index is 11.7. The second kappa shape index (κ2) is 6.29. The van der Waals surface area contributed by atoms with E-state index in [1.165, 1.54) is 13.0 Å². The fraction of sp³-hybridized carbons (Fsp3) is 0.118.